The van der Waals surface area contributed by atoms with Crippen molar-refractivity contribution in [1.82, 2.24) is 0 Å². The average Bonchev–Trinajstić information content (AvgIpc) is 2.48. The first kappa shape index (κ1) is 20.2. The Bertz CT molecular complexity index is 234. The Morgan fingerprint density at radius 1 is 1.05 bits per heavy atom. The van der Waals surface area contributed by atoms with Gasteiger partial charge in [0.05, 0.1) is 5.60 Å². The molecule has 0 aromatic heterocycles. The van der Waals surface area contributed by atoms with Crippen LogP contribution in [0.5, 0.6) is 0 Å². The first-order chi connectivity index (χ1) is 9.64. The number of carbonyl (C=O) groups excluding carboxylic acids is 1. The van der Waals surface area contributed by atoms with Crippen LogP contribution in [-0.4, -0.2) is 27.0 Å². The summed E-state index contributed by atoms with van der Waals surface area (Å²) >= 11 is 1.53. The summed E-state index contributed by atoms with van der Waals surface area (Å²) < 4.78 is 5.79. The highest BCUT2D eigenvalue weighted by Gasteiger charge is 2.23. The van der Waals surface area contributed by atoms with Crippen LogP contribution in [0.2, 0.25) is 0 Å². The Kier molecular flexibility index (Phi) is 13.0. The second kappa shape index (κ2) is 12.9. The van der Waals surface area contributed by atoms with E-state index in [2.05, 4.69) is 20.8 Å². The van der Waals surface area contributed by atoms with Gasteiger partial charge in [0.25, 0.3) is 0 Å². The van der Waals surface area contributed by atoms with Crippen molar-refractivity contribution < 1.29 is 9.22 Å². The van der Waals surface area contributed by atoms with Crippen LogP contribution in [0, 0.1) is 0 Å². The summed E-state index contributed by atoms with van der Waals surface area (Å²) in [6.07, 6.45) is 11.3. The molecule has 2 nitrogen and oxygen atoms in total. The van der Waals surface area contributed by atoms with E-state index in [1.54, 1.807) is 0 Å². The summed E-state index contributed by atoms with van der Waals surface area (Å²) in [5.74, 6) is 0.959. The fourth-order valence-electron chi connectivity index (χ4n) is 2.52. The van der Waals surface area contributed by atoms with Crippen molar-refractivity contribution in [2.24, 2.45) is 0 Å². The lowest BCUT2D eigenvalue weighted by molar-refractivity contribution is -0.111. The maximum Gasteiger partial charge on any atom is 0.188 e. The van der Waals surface area contributed by atoms with Crippen LogP contribution in [-0.2, 0) is 9.22 Å². The van der Waals surface area contributed by atoms with Gasteiger partial charge >= 0.3 is 0 Å². The Labute approximate surface area is 133 Å². The third kappa shape index (κ3) is 9.19. The number of hydrogen-bond acceptors (Lipinski definition) is 3. The highest BCUT2D eigenvalue weighted by Crippen LogP contribution is 2.26. The van der Waals surface area contributed by atoms with Crippen molar-refractivity contribution in [2.75, 3.05) is 5.75 Å². The van der Waals surface area contributed by atoms with E-state index < -0.39 is 0 Å². The zero-order valence-electron chi connectivity index (χ0n) is 14.0. The molecule has 0 amide bonds. The van der Waals surface area contributed by atoms with Crippen molar-refractivity contribution in [1.29, 1.82) is 0 Å². The van der Waals surface area contributed by atoms with Crippen LogP contribution >= 0.6 is 11.8 Å². The SMILES string of the molecule is CCCCCCCC(=O)SCCCC(CC)(CC)O[SiH3]. The van der Waals surface area contributed by atoms with Crippen LogP contribution < -0.4 is 0 Å². The van der Waals surface area contributed by atoms with E-state index in [1.165, 1.54) is 37.4 Å². The Morgan fingerprint density at radius 2 is 1.70 bits per heavy atom. The Morgan fingerprint density at radius 3 is 2.25 bits per heavy atom. The third-order valence-electron chi connectivity index (χ3n) is 4.25. The Balaban J connectivity index is 3.61. The second-order valence-corrected chi connectivity index (χ2v) is 7.14. The number of carbonyl (C=O) groups is 1. The predicted molar refractivity (Wildman–Crippen MR) is 94.4 cm³/mol. The van der Waals surface area contributed by atoms with E-state index in [-0.39, 0.29) is 5.60 Å². The van der Waals surface area contributed by atoms with Crippen molar-refractivity contribution >= 4 is 27.4 Å². The lowest BCUT2D eigenvalue weighted by atomic mass is 9.92. The molecule has 0 aromatic rings. The molecule has 120 valence electrons. The van der Waals surface area contributed by atoms with Crippen molar-refractivity contribution in [3.05, 3.63) is 0 Å². The zero-order valence-corrected chi connectivity index (χ0v) is 16.8. The van der Waals surface area contributed by atoms with Crippen LogP contribution in [0.15, 0.2) is 0 Å². The van der Waals surface area contributed by atoms with E-state index in [0.717, 1.165) is 54.8 Å². The highest BCUT2D eigenvalue weighted by atomic mass is 32.2. The smallest absolute Gasteiger partial charge is 0.188 e. The second-order valence-electron chi connectivity index (χ2n) is 5.58. The Hall–Kier alpha value is 0.197. The molecule has 0 aliphatic carbocycles. The minimum absolute atomic E-state index is 0.0932. The third-order valence-corrected chi connectivity index (χ3v) is 6.13. The number of rotatable bonds is 13. The molecule has 0 N–H and O–H groups in total. The number of unbranched alkanes of at least 4 members (excludes halogenated alkanes) is 4. The monoisotopic (exact) mass is 318 g/mol. The van der Waals surface area contributed by atoms with Crippen LogP contribution in [0.4, 0.5) is 0 Å². The van der Waals surface area contributed by atoms with E-state index in [0.29, 0.717) is 5.12 Å². The standard InChI is InChI=1S/C16H34O2SSi/c1-4-7-8-9-10-12-15(17)19-14-11-13-16(5-2,6-3)18-20/h4-14H2,1-3,20H3. The molecule has 0 atom stereocenters. The topological polar surface area (TPSA) is 26.3 Å². The van der Waals surface area contributed by atoms with Crippen molar-refractivity contribution in [2.45, 2.75) is 90.6 Å². The van der Waals surface area contributed by atoms with Gasteiger partial charge in [-0.1, -0.05) is 58.2 Å². The molecule has 0 saturated carbocycles. The molecule has 0 aliphatic heterocycles. The molecular weight excluding hydrogens is 284 g/mol. The maximum atomic E-state index is 11.7. The molecule has 4 heteroatoms. The molecule has 0 aromatic carbocycles. The highest BCUT2D eigenvalue weighted by molar-refractivity contribution is 8.13. The zero-order chi connectivity index (χ0) is 15.3. The molecule has 0 fully saturated rings. The maximum absolute atomic E-state index is 11.7. The van der Waals surface area contributed by atoms with E-state index in [9.17, 15) is 4.79 Å². The first-order valence-electron chi connectivity index (χ1n) is 8.34. The van der Waals surface area contributed by atoms with Crippen molar-refractivity contribution in [3.8, 4) is 0 Å². The fraction of sp³-hybridized carbons (Fsp3) is 0.938. The van der Waals surface area contributed by atoms with E-state index >= 15 is 0 Å². The normalized spacial score (nSPS) is 11.9. The molecule has 0 aliphatic rings. The van der Waals surface area contributed by atoms with Gasteiger partial charge in [0, 0.05) is 12.2 Å². The lowest BCUT2D eigenvalue weighted by Gasteiger charge is -2.31. The molecule has 0 rings (SSSR count). The van der Waals surface area contributed by atoms with Gasteiger partial charge in [0.1, 0.15) is 10.5 Å². The van der Waals surface area contributed by atoms with Crippen LogP contribution in [0.25, 0.3) is 0 Å². The van der Waals surface area contributed by atoms with Gasteiger partial charge < -0.3 is 4.43 Å². The average molecular weight is 319 g/mol. The molecule has 0 radical (unpaired) electrons. The fourth-order valence-corrected chi connectivity index (χ4v) is 4.11. The largest absolute Gasteiger partial charge is 0.422 e. The van der Waals surface area contributed by atoms with Gasteiger partial charge in [0.15, 0.2) is 5.12 Å². The molecule has 0 saturated heterocycles. The number of hydrogen-bond donors (Lipinski definition) is 0. The van der Waals surface area contributed by atoms with Crippen LogP contribution in [0.1, 0.15) is 85.0 Å². The van der Waals surface area contributed by atoms with Gasteiger partial charge in [-0.05, 0) is 32.1 Å². The molecular formula is C16H34O2SSi. The predicted octanol–water partition coefficient (Wildman–Crippen LogP) is 4.24. The van der Waals surface area contributed by atoms with Gasteiger partial charge in [-0.2, -0.15) is 0 Å². The molecule has 0 spiro atoms. The molecule has 0 bridgehead atoms. The van der Waals surface area contributed by atoms with E-state index in [1.807, 2.05) is 0 Å². The summed E-state index contributed by atoms with van der Waals surface area (Å²) in [7, 11) is 0.808. The summed E-state index contributed by atoms with van der Waals surface area (Å²) in [6, 6.07) is 0. The summed E-state index contributed by atoms with van der Waals surface area (Å²) in [4.78, 5) is 11.7. The van der Waals surface area contributed by atoms with Crippen molar-refractivity contribution in [3.63, 3.8) is 0 Å². The summed E-state index contributed by atoms with van der Waals surface area (Å²) in [6.45, 7) is 6.63. The molecule has 0 unspecified atom stereocenters. The minimum Gasteiger partial charge on any atom is -0.422 e. The van der Waals surface area contributed by atoms with Gasteiger partial charge in [0.2, 0.25) is 0 Å². The lowest BCUT2D eigenvalue weighted by Crippen LogP contribution is -2.30. The summed E-state index contributed by atoms with van der Waals surface area (Å²) in [5.41, 5.74) is 0.0932. The molecule has 20 heavy (non-hydrogen) atoms. The molecule has 0 heterocycles. The minimum atomic E-state index is 0.0932. The number of thioether (sulfide) groups is 1. The first-order valence-corrected chi connectivity index (χ1v) is 10.1. The van der Waals surface area contributed by atoms with Crippen LogP contribution in [0.3, 0.4) is 0 Å². The van der Waals surface area contributed by atoms with Gasteiger partial charge in [-0.25, -0.2) is 0 Å². The van der Waals surface area contributed by atoms with Gasteiger partial charge in [-0.3, -0.25) is 4.79 Å². The summed E-state index contributed by atoms with van der Waals surface area (Å²) in [5, 5.41) is 0.381. The van der Waals surface area contributed by atoms with Gasteiger partial charge in [-0.15, -0.1) is 0 Å². The quantitative estimate of drug-likeness (QED) is 0.375. The van der Waals surface area contributed by atoms with E-state index in [4.69, 9.17) is 4.43 Å².